The van der Waals surface area contributed by atoms with Crippen LogP contribution in [0.5, 0.6) is 0 Å². The molecule has 6 nitrogen and oxygen atoms in total. The van der Waals surface area contributed by atoms with E-state index in [2.05, 4.69) is 33.7 Å². The van der Waals surface area contributed by atoms with E-state index in [1.165, 1.54) is 11.1 Å². The highest BCUT2D eigenvalue weighted by molar-refractivity contribution is 6.04. The molecular formula is C22H19N5O. The lowest BCUT2D eigenvalue weighted by Gasteiger charge is -2.10. The fourth-order valence-electron chi connectivity index (χ4n) is 3.79. The van der Waals surface area contributed by atoms with Crippen molar-refractivity contribution in [2.45, 2.75) is 19.3 Å². The number of hydrogen-bond donors (Lipinski definition) is 2. The van der Waals surface area contributed by atoms with Gasteiger partial charge < -0.3 is 10.5 Å². The van der Waals surface area contributed by atoms with E-state index in [0.29, 0.717) is 0 Å². The summed E-state index contributed by atoms with van der Waals surface area (Å²) in [6, 6.07) is 16.5. The zero-order chi connectivity index (χ0) is 18.9. The summed E-state index contributed by atoms with van der Waals surface area (Å²) in [6.45, 7) is 0. The molecule has 0 saturated carbocycles. The molecular weight excluding hydrogens is 350 g/mol. The highest BCUT2D eigenvalue weighted by Crippen LogP contribution is 2.29. The maximum absolute atomic E-state index is 9.14. The first-order valence-corrected chi connectivity index (χ1v) is 9.28. The molecule has 0 radical (unpaired) electrons. The molecule has 6 heteroatoms. The van der Waals surface area contributed by atoms with Crippen LogP contribution in [0.3, 0.4) is 0 Å². The maximum atomic E-state index is 9.14. The molecule has 2 N–H and O–H groups in total. The SMILES string of the molecule is O/N=C1\CCc2cc(Nc3c(Cc4ccccc4)nc4cnccn34)ccc21. The molecule has 1 aliphatic rings. The van der Waals surface area contributed by atoms with E-state index in [9.17, 15) is 0 Å². The Bertz CT molecular complexity index is 1180. The van der Waals surface area contributed by atoms with Gasteiger partial charge in [0.25, 0.3) is 0 Å². The third kappa shape index (κ3) is 2.89. The Kier molecular flexibility index (Phi) is 4.01. The van der Waals surface area contributed by atoms with Crippen molar-refractivity contribution >= 4 is 22.9 Å². The van der Waals surface area contributed by atoms with Crippen LogP contribution >= 0.6 is 0 Å². The van der Waals surface area contributed by atoms with Crippen LogP contribution in [-0.4, -0.2) is 25.3 Å². The number of oxime groups is 1. The quantitative estimate of drug-likeness (QED) is 0.418. The summed E-state index contributed by atoms with van der Waals surface area (Å²) < 4.78 is 2.03. The second kappa shape index (κ2) is 6.81. The van der Waals surface area contributed by atoms with Crippen molar-refractivity contribution in [1.29, 1.82) is 0 Å². The van der Waals surface area contributed by atoms with Gasteiger partial charge >= 0.3 is 0 Å². The normalized spacial score (nSPS) is 14.5. The minimum Gasteiger partial charge on any atom is -0.411 e. The van der Waals surface area contributed by atoms with Gasteiger partial charge in [-0.2, -0.15) is 0 Å². The van der Waals surface area contributed by atoms with Crippen LogP contribution in [-0.2, 0) is 12.8 Å². The van der Waals surface area contributed by atoms with Gasteiger partial charge in [-0.05, 0) is 36.1 Å². The van der Waals surface area contributed by atoms with Gasteiger partial charge in [-0.15, -0.1) is 0 Å². The summed E-state index contributed by atoms with van der Waals surface area (Å²) in [4.78, 5) is 8.99. The van der Waals surface area contributed by atoms with Crippen LogP contribution in [0.4, 0.5) is 11.5 Å². The number of benzene rings is 2. The Hall–Kier alpha value is -3.67. The van der Waals surface area contributed by atoms with Crippen molar-refractivity contribution < 1.29 is 5.21 Å². The Morgan fingerprint density at radius 1 is 1.11 bits per heavy atom. The summed E-state index contributed by atoms with van der Waals surface area (Å²) in [5.41, 5.74) is 6.96. The number of hydrogen-bond acceptors (Lipinski definition) is 5. The van der Waals surface area contributed by atoms with Crippen molar-refractivity contribution in [3.05, 3.63) is 89.5 Å². The Labute approximate surface area is 162 Å². The Morgan fingerprint density at radius 3 is 2.86 bits per heavy atom. The van der Waals surface area contributed by atoms with Gasteiger partial charge in [0.1, 0.15) is 5.82 Å². The molecule has 2 aromatic heterocycles. The zero-order valence-electron chi connectivity index (χ0n) is 15.2. The van der Waals surface area contributed by atoms with Gasteiger partial charge in [0.15, 0.2) is 5.65 Å². The molecule has 1 aliphatic carbocycles. The third-order valence-corrected chi connectivity index (χ3v) is 5.15. The lowest BCUT2D eigenvalue weighted by Crippen LogP contribution is -2.01. The van der Waals surface area contributed by atoms with Crippen molar-refractivity contribution in [1.82, 2.24) is 14.4 Å². The predicted octanol–water partition coefficient (Wildman–Crippen LogP) is 4.19. The van der Waals surface area contributed by atoms with Crippen molar-refractivity contribution in [3.8, 4) is 0 Å². The molecule has 0 fully saturated rings. The number of aryl methyl sites for hydroxylation is 1. The summed E-state index contributed by atoms with van der Waals surface area (Å²) in [5.74, 6) is 0.940. The second-order valence-electron chi connectivity index (χ2n) is 6.92. The summed E-state index contributed by atoms with van der Waals surface area (Å²) in [6.07, 6.45) is 7.85. The summed E-state index contributed by atoms with van der Waals surface area (Å²) >= 11 is 0. The zero-order valence-corrected chi connectivity index (χ0v) is 15.2. The van der Waals surface area contributed by atoms with Crippen molar-refractivity contribution in [2.24, 2.45) is 5.16 Å². The fourth-order valence-corrected chi connectivity index (χ4v) is 3.79. The fraction of sp³-hybridized carbons (Fsp3) is 0.136. The van der Waals surface area contributed by atoms with Crippen molar-refractivity contribution in [2.75, 3.05) is 5.32 Å². The summed E-state index contributed by atoms with van der Waals surface area (Å²) in [5, 5.41) is 16.1. The van der Waals surface area contributed by atoms with Crippen LogP contribution in [0.25, 0.3) is 5.65 Å². The molecule has 0 amide bonds. The molecule has 0 atom stereocenters. The number of anilines is 2. The lowest BCUT2D eigenvalue weighted by molar-refractivity contribution is 0.318. The van der Waals surface area contributed by atoms with Crippen LogP contribution < -0.4 is 5.32 Å². The van der Waals surface area contributed by atoms with Crippen LogP contribution in [0.15, 0.2) is 72.3 Å². The van der Waals surface area contributed by atoms with E-state index in [0.717, 1.165) is 53.4 Å². The van der Waals surface area contributed by atoms with Gasteiger partial charge in [0.2, 0.25) is 0 Å². The van der Waals surface area contributed by atoms with Crippen LogP contribution in [0, 0.1) is 0 Å². The molecule has 0 aliphatic heterocycles. The first-order chi connectivity index (χ1) is 13.8. The van der Waals surface area contributed by atoms with E-state index in [1.54, 1.807) is 12.4 Å². The standard InChI is InChI=1S/C22H19N5O/c28-26-19-9-6-16-13-17(7-8-18(16)19)24-22-20(12-15-4-2-1-3-5-15)25-21-14-23-10-11-27(21)22/h1-5,7-8,10-11,13-14,24,28H,6,9,12H2/b26-19+. The molecule has 0 spiro atoms. The highest BCUT2D eigenvalue weighted by atomic mass is 16.4. The largest absolute Gasteiger partial charge is 0.411 e. The number of nitrogens with one attached hydrogen (secondary N) is 1. The summed E-state index contributed by atoms with van der Waals surface area (Å²) in [7, 11) is 0. The monoisotopic (exact) mass is 369 g/mol. The number of fused-ring (bicyclic) bond motifs is 2. The molecule has 2 heterocycles. The van der Waals surface area contributed by atoms with Crippen LogP contribution in [0.2, 0.25) is 0 Å². The third-order valence-electron chi connectivity index (χ3n) is 5.15. The average Bonchev–Trinajstić information content (AvgIpc) is 3.30. The molecule has 138 valence electrons. The van der Waals surface area contributed by atoms with Gasteiger partial charge in [0, 0.05) is 30.1 Å². The number of nitrogens with zero attached hydrogens (tertiary/aromatic N) is 4. The minimum absolute atomic E-state index is 0.733. The van der Waals surface area contributed by atoms with Gasteiger partial charge in [-0.25, -0.2) is 4.98 Å². The topological polar surface area (TPSA) is 74.8 Å². The number of aromatic nitrogens is 3. The number of imidazole rings is 1. The van der Waals surface area contributed by atoms with E-state index in [4.69, 9.17) is 10.2 Å². The van der Waals surface area contributed by atoms with E-state index >= 15 is 0 Å². The first-order valence-electron chi connectivity index (χ1n) is 9.28. The van der Waals surface area contributed by atoms with Gasteiger partial charge in [-0.1, -0.05) is 41.6 Å². The molecule has 4 aromatic rings. The molecule has 0 bridgehead atoms. The Balaban J connectivity index is 1.54. The number of rotatable bonds is 4. The van der Waals surface area contributed by atoms with Crippen LogP contribution in [0.1, 0.15) is 28.8 Å². The predicted molar refractivity (Wildman–Crippen MR) is 109 cm³/mol. The molecule has 2 aromatic carbocycles. The van der Waals surface area contributed by atoms with Gasteiger partial charge in [0.05, 0.1) is 17.6 Å². The van der Waals surface area contributed by atoms with E-state index in [-0.39, 0.29) is 0 Å². The van der Waals surface area contributed by atoms with E-state index in [1.807, 2.05) is 40.9 Å². The maximum Gasteiger partial charge on any atom is 0.157 e. The van der Waals surface area contributed by atoms with E-state index < -0.39 is 0 Å². The molecule has 5 rings (SSSR count). The van der Waals surface area contributed by atoms with Crippen molar-refractivity contribution in [3.63, 3.8) is 0 Å². The highest BCUT2D eigenvalue weighted by Gasteiger charge is 2.19. The van der Waals surface area contributed by atoms with Gasteiger partial charge in [-0.3, -0.25) is 9.38 Å². The minimum atomic E-state index is 0.733. The molecule has 28 heavy (non-hydrogen) atoms. The Morgan fingerprint density at radius 2 is 2.00 bits per heavy atom. The smallest absolute Gasteiger partial charge is 0.157 e. The lowest BCUT2D eigenvalue weighted by atomic mass is 10.1. The molecule has 0 saturated heterocycles. The average molecular weight is 369 g/mol. The first kappa shape index (κ1) is 16.5. The molecule has 0 unspecified atom stereocenters. The second-order valence-corrected chi connectivity index (χ2v) is 6.92.